The summed E-state index contributed by atoms with van der Waals surface area (Å²) < 4.78 is 0. The fourth-order valence-corrected chi connectivity index (χ4v) is 2.29. The molecule has 5 heteroatoms. The first-order valence-corrected chi connectivity index (χ1v) is 6.18. The second kappa shape index (κ2) is 4.84. The second-order valence-corrected chi connectivity index (χ2v) is 4.69. The van der Waals surface area contributed by atoms with E-state index in [1.165, 1.54) is 0 Å². The van der Waals surface area contributed by atoms with Crippen molar-refractivity contribution in [3.63, 3.8) is 0 Å². The van der Waals surface area contributed by atoms with Crippen LogP contribution in [-0.2, 0) is 4.79 Å². The van der Waals surface area contributed by atoms with E-state index in [4.69, 9.17) is 0 Å². The van der Waals surface area contributed by atoms with Gasteiger partial charge in [-0.15, -0.1) is 0 Å². The van der Waals surface area contributed by atoms with E-state index in [1.807, 2.05) is 6.92 Å². The van der Waals surface area contributed by atoms with Gasteiger partial charge in [-0.05, 0) is 18.1 Å². The number of nitrogens with zero attached hydrogens (tertiary/aromatic N) is 1. The predicted molar refractivity (Wildman–Crippen MR) is 67.8 cm³/mol. The molecule has 2 amide bonds. The number of hydrogen-bond donors (Lipinski definition) is 1. The Morgan fingerprint density at radius 3 is 2.05 bits per heavy atom. The van der Waals surface area contributed by atoms with Gasteiger partial charge in [0.15, 0.2) is 0 Å². The molecule has 1 aliphatic rings. The third kappa shape index (κ3) is 2.01. The van der Waals surface area contributed by atoms with Crippen molar-refractivity contribution in [1.29, 1.82) is 0 Å². The Kier molecular flexibility index (Phi) is 3.38. The second-order valence-electron chi connectivity index (χ2n) is 4.69. The molecule has 0 bridgehead atoms. The standard InChI is InChI=1S/C14H15NO4/c1-3-8(2)11(14(18)19)15-12(16)9-6-4-5-7-10(9)13(15)17/h4-8,11H,3H2,1-2H3,(H,18,19)/t8-,11+/m0/s1. The van der Waals surface area contributed by atoms with Gasteiger partial charge in [-0.2, -0.15) is 0 Å². The van der Waals surface area contributed by atoms with Crippen molar-refractivity contribution in [2.24, 2.45) is 5.92 Å². The van der Waals surface area contributed by atoms with Crippen molar-refractivity contribution in [3.8, 4) is 0 Å². The van der Waals surface area contributed by atoms with Crippen LogP contribution in [0.25, 0.3) is 0 Å². The van der Waals surface area contributed by atoms with E-state index >= 15 is 0 Å². The van der Waals surface area contributed by atoms with Gasteiger partial charge in [-0.1, -0.05) is 32.4 Å². The third-order valence-electron chi connectivity index (χ3n) is 3.54. The minimum absolute atomic E-state index is 0.280. The molecule has 2 rings (SSSR count). The Bertz CT molecular complexity index is 517. The molecule has 1 heterocycles. The molecule has 0 radical (unpaired) electrons. The summed E-state index contributed by atoms with van der Waals surface area (Å²) in [5, 5.41) is 9.30. The van der Waals surface area contributed by atoms with Gasteiger partial charge in [0.25, 0.3) is 11.8 Å². The molecule has 1 aromatic rings. The molecule has 0 fully saturated rings. The zero-order valence-corrected chi connectivity index (χ0v) is 10.8. The predicted octanol–water partition coefficient (Wildman–Crippen LogP) is 1.78. The number of rotatable bonds is 4. The Hall–Kier alpha value is -2.17. The SMILES string of the molecule is CC[C@H](C)[C@H](C(=O)O)N1C(=O)c2ccccc2C1=O. The van der Waals surface area contributed by atoms with Gasteiger partial charge in [0, 0.05) is 0 Å². The molecule has 0 unspecified atom stereocenters. The molecule has 2 atom stereocenters. The van der Waals surface area contributed by atoms with Crippen LogP contribution in [0.5, 0.6) is 0 Å². The first-order valence-electron chi connectivity index (χ1n) is 6.18. The third-order valence-corrected chi connectivity index (χ3v) is 3.54. The number of hydrogen-bond acceptors (Lipinski definition) is 3. The molecule has 19 heavy (non-hydrogen) atoms. The number of aliphatic carboxylic acids is 1. The van der Waals surface area contributed by atoms with E-state index in [0.29, 0.717) is 6.42 Å². The van der Waals surface area contributed by atoms with Crippen molar-refractivity contribution >= 4 is 17.8 Å². The average Bonchev–Trinajstić information content (AvgIpc) is 2.64. The lowest BCUT2D eigenvalue weighted by atomic mass is 9.98. The van der Waals surface area contributed by atoms with E-state index in [2.05, 4.69) is 0 Å². The summed E-state index contributed by atoms with van der Waals surface area (Å²) in [5.41, 5.74) is 0.559. The van der Waals surface area contributed by atoms with E-state index in [1.54, 1.807) is 31.2 Å². The molecule has 0 saturated heterocycles. The smallest absolute Gasteiger partial charge is 0.327 e. The zero-order valence-electron chi connectivity index (χ0n) is 10.8. The van der Waals surface area contributed by atoms with Crippen LogP contribution in [0.4, 0.5) is 0 Å². The van der Waals surface area contributed by atoms with Crippen LogP contribution < -0.4 is 0 Å². The van der Waals surface area contributed by atoms with Crippen molar-refractivity contribution < 1.29 is 19.5 Å². The molecule has 0 saturated carbocycles. The Balaban J connectivity index is 2.45. The Morgan fingerprint density at radius 1 is 1.21 bits per heavy atom. The van der Waals surface area contributed by atoms with E-state index < -0.39 is 23.8 Å². The molecular formula is C14H15NO4. The number of fused-ring (bicyclic) bond motifs is 1. The minimum atomic E-state index is -1.15. The number of carboxylic acids is 1. The quantitative estimate of drug-likeness (QED) is 0.838. The largest absolute Gasteiger partial charge is 0.480 e. The maximum absolute atomic E-state index is 12.2. The van der Waals surface area contributed by atoms with Crippen LogP contribution in [-0.4, -0.2) is 33.8 Å². The molecule has 1 aliphatic heterocycles. The van der Waals surface area contributed by atoms with Gasteiger partial charge in [-0.25, -0.2) is 4.79 Å². The monoisotopic (exact) mass is 261 g/mol. The zero-order chi connectivity index (χ0) is 14.2. The van der Waals surface area contributed by atoms with E-state index in [0.717, 1.165) is 4.90 Å². The van der Waals surface area contributed by atoms with Gasteiger partial charge in [0.2, 0.25) is 0 Å². The van der Waals surface area contributed by atoms with Crippen LogP contribution in [0, 0.1) is 5.92 Å². The summed E-state index contributed by atoms with van der Waals surface area (Å²) in [7, 11) is 0. The summed E-state index contributed by atoms with van der Waals surface area (Å²) in [5.74, 6) is -2.48. The number of imide groups is 1. The van der Waals surface area contributed by atoms with Gasteiger partial charge in [0.1, 0.15) is 6.04 Å². The Labute approximate surface area is 110 Å². The van der Waals surface area contributed by atoms with Crippen LogP contribution >= 0.6 is 0 Å². The summed E-state index contributed by atoms with van der Waals surface area (Å²) in [6.07, 6.45) is 0.574. The highest BCUT2D eigenvalue weighted by Crippen LogP contribution is 2.28. The fourth-order valence-electron chi connectivity index (χ4n) is 2.29. The highest BCUT2D eigenvalue weighted by molar-refractivity contribution is 6.22. The van der Waals surface area contributed by atoms with Crippen molar-refractivity contribution in [3.05, 3.63) is 35.4 Å². The van der Waals surface area contributed by atoms with E-state index in [-0.39, 0.29) is 17.0 Å². The van der Waals surface area contributed by atoms with Crippen molar-refractivity contribution in [2.45, 2.75) is 26.3 Å². The lowest BCUT2D eigenvalue weighted by molar-refractivity contribution is -0.143. The molecule has 0 aromatic heterocycles. The molecule has 5 nitrogen and oxygen atoms in total. The number of carbonyl (C=O) groups excluding carboxylic acids is 2. The lowest BCUT2D eigenvalue weighted by Crippen LogP contribution is -2.48. The number of carbonyl (C=O) groups is 3. The maximum Gasteiger partial charge on any atom is 0.327 e. The summed E-state index contributed by atoms with van der Waals surface area (Å²) >= 11 is 0. The van der Waals surface area contributed by atoms with Gasteiger partial charge < -0.3 is 5.11 Å². The molecule has 100 valence electrons. The minimum Gasteiger partial charge on any atom is -0.480 e. The summed E-state index contributed by atoms with van der Waals surface area (Å²) in [6.45, 7) is 3.56. The number of benzene rings is 1. The number of carboxylic acid groups (broad SMARTS) is 1. The normalized spacial score (nSPS) is 17.3. The van der Waals surface area contributed by atoms with Crippen molar-refractivity contribution in [1.82, 2.24) is 4.90 Å². The molecule has 0 spiro atoms. The highest BCUT2D eigenvalue weighted by Gasteiger charge is 2.44. The van der Waals surface area contributed by atoms with E-state index in [9.17, 15) is 19.5 Å². The highest BCUT2D eigenvalue weighted by atomic mass is 16.4. The lowest BCUT2D eigenvalue weighted by Gasteiger charge is -2.27. The topological polar surface area (TPSA) is 74.7 Å². The first-order chi connectivity index (χ1) is 8.99. The van der Waals surface area contributed by atoms with Crippen LogP contribution in [0.3, 0.4) is 0 Å². The molecular weight excluding hydrogens is 246 g/mol. The summed E-state index contributed by atoms with van der Waals surface area (Å²) in [6, 6.07) is 5.30. The van der Waals surface area contributed by atoms with Gasteiger partial charge >= 0.3 is 5.97 Å². The van der Waals surface area contributed by atoms with Crippen LogP contribution in [0.15, 0.2) is 24.3 Å². The van der Waals surface area contributed by atoms with Crippen LogP contribution in [0.2, 0.25) is 0 Å². The first kappa shape index (κ1) is 13.3. The average molecular weight is 261 g/mol. The van der Waals surface area contributed by atoms with Crippen LogP contribution in [0.1, 0.15) is 41.0 Å². The maximum atomic E-state index is 12.2. The molecule has 1 N–H and O–H groups in total. The summed E-state index contributed by atoms with van der Waals surface area (Å²) in [4.78, 5) is 36.7. The molecule has 1 aromatic carbocycles. The Morgan fingerprint density at radius 2 is 1.68 bits per heavy atom. The van der Waals surface area contributed by atoms with Gasteiger partial charge in [0.05, 0.1) is 11.1 Å². The molecule has 0 aliphatic carbocycles. The van der Waals surface area contributed by atoms with Gasteiger partial charge in [-0.3, -0.25) is 14.5 Å². The van der Waals surface area contributed by atoms with Crippen molar-refractivity contribution in [2.75, 3.05) is 0 Å². The number of amides is 2. The fraction of sp³-hybridized carbons (Fsp3) is 0.357.